The maximum absolute atomic E-state index is 4.29. The van der Waals surface area contributed by atoms with E-state index in [1.54, 1.807) is 0 Å². The van der Waals surface area contributed by atoms with Gasteiger partial charge in [-0.2, -0.15) is 0 Å². The van der Waals surface area contributed by atoms with Crippen LogP contribution in [-0.4, -0.2) is 5.71 Å². The number of aliphatic imine (C=N–C) groups is 1. The van der Waals surface area contributed by atoms with E-state index in [9.17, 15) is 0 Å². The van der Waals surface area contributed by atoms with E-state index in [0.29, 0.717) is 0 Å². The topological polar surface area (TPSA) is 12.4 Å². The summed E-state index contributed by atoms with van der Waals surface area (Å²) in [5.41, 5.74) is 2.21. The molecule has 0 aliphatic carbocycles. The van der Waals surface area contributed by atoms with Crippen LogP contribution in [0.1, 0.15) is 34.1 Å². The minimum atomic E-state index is 0.985. The van der Waals surface area contributed by atoms with Gasteiger partial charge in [0.05, 0.1) is 0 Å². The van der Waals surface area contributed by atoms with Crippen molar-refractivity contribution in [1.82, 2.24) is 0 Å². The second kappa shape index (κ2) is 5.90. The van der Waals surface area contributed by atoms with Crippen molar-refractivity contribution in [2.24, 2.45) is 4.99 Å². The Morgan fingerprint density at radius 3 is 2.36 bits per heavy atom. The third-order valence-corrected chi connectivity index (χ3v) is 1.19. The Morgan fingerprint density at radius 1 is 1.27 bits per heavy atom. The van der Waals surface area contributed by atoms with E-state index in [-0.39, 0.29) is 0 Å². The monoisotopic (exact) mass is 151 g/mol. The molecule has 0 aromatic carbocycles. The van der Waals surface area contributed by atoms with Crippen LogP contribution >= 0.6 is 0 Å². The van der Waals surface area contributed by atoms with Gasteiger partial charge in [-0.05, 0) is 34.1 Å². The fourth-order valence-corrected chi connectivity index (χ4v) is 0.773. The first-order chi connectivity index (χ1) is 5.16. The van der Waals surface area contributed by atoms with Gasteiger partial charge in [-0.3, -0.25) is 4.99 Å². The third kappa shape index (κ3) is 7.04. The third-order valence-electron chi connectivity index (χ3n) is 1.19. The molecule has 1 nitrogen and oxygen atoms in total. The van der Waals surface area contributed by atoms with Crippen LogP contribution in [0, 0.1) is 0 Å². The zero-order valence-corrected chi connectivity index (χ0v) is 7.89. The highest BCUT2D eigenvalue weighted by Gasteiger charge is 1.81. The number of rotatable bonds is 3. The molecular formula is C10H17N. The first-order valence-corrected chi connectivity index (χ1v) is 3.96. The van der Waals surface area contributed by atoms with Gasteiger partial charge in [0, 0.05) is 11.4 Å². The fraction of sp³-hybridized carbons (Fsp3) is 0.500. The molecule has 0 saturated carbocycles. The number of allylic oxidation sites excluding steroid dienone is 4. The molecule has 0 rings (SSSR count). The SMILES string of the molecule is C/C=C/C/C=C(/C)N=C(C)C. The van der Waals surface area contributed by atoms with E-state index >= 15 is 0 Å². The first kappa shape index (κ1) is 10.2. The van der Waals surface area contributed by atoms with Gasteiger partial charge in [0.25, 0.3) is 0 Å². The van der Waals surface area contributed by atoms with Crippen molar-refractivity contribution < 1.29 is 0 Å². The summed E-state index contributed by atoms with van der Waals surface area (Å²) < 4.78 is 0. The Morgan fingerprint density at radius 2 is 1.91 bits per heavy atom. The molecule has 1 heteroatoms. The molecule has 62 valence electrons. The maximum Gasteiger partial charge on any atom is 0.0335 e. The molecule has 0 fully saturated rings. The second-order valence-corrected chi connectivity index (χ2v) is 2.71. The molecule has 0 aromatic rings. The van der Waals surface area contributed by atoms with Crippen molar-refractivity contribution in [2.75, 3.05) is 0 Å². The van der Waals surface area contributed by atoms with Crippen molar-refractivity contribution >= 4 is 5.71 Å². The lowest BCUT2D eigenvalue weighted by molar-refractivity contribution is 1.22. The van der Waals surface area contributed by atoms with Crippen LogP contribution in [0.15, 0.2) is 28.9 Å². The van der Waals surface area contributed by atoms with Crippen LogP contribution in [0.4, 0.5) is 0 Å². The molecule has 0 aliphatic rings. The molecule has 0 bridgehead atoms. The summed E-state index contributed by atoms with van der Waals surface area (Å²) in [6.45, 7) is 8.06. The van der Waals surface area contributed by atoms with Crippen molar-refractivity contribution in [3.63, 3.8) is 0 Å². The highest BCUT2D eigenvalue weighted by atomic mass is 14.7. The van der Waals surface area contributed by atoms with Crippen LogP contribution < -0.4 is 0 Å². The highest BCUT2D eigenvalue weighted by Crippen LogP contribution is 1.98. The normalized spacial score (nSPS) is 12.2. The molecule has 0 saturated heterocycles. The minimum Gasteiger partial charge on any atom is -0.263 e. The van der Waals surface area contributed by atoms with Gasteiger partial charge in [-0.1, -0.05) is 18.2 Å². The Balaban J connectivity index is 3.91. The molecule has 0 unspecified atom stereocenters. The van der Waals surface area contributed by atoms with Crippen LogP contribution in [0.3, 0.4) is 0 Å². The molecular weight excluding hydrogens is 134 g/mol. The van der Waals surface area contributed by atoms with E-state index in [1.165, 1.54) is 0 Å². The molecule has 0 aliphatic heterocycles. The van der Waals surface area contributed by atoms with Crippen LogP contribution in [0.25, 0.3) is 0 Å². The smallest absolute Gasteiger partial charge is 0.0335 e. The second-order valence-electron chi connectivity index (χ2n) is 2.71. The summed E-state index contributed by atoms with van der Waals surface area (Å²) in [5, 5.41) is 0. The number of hydrogen-bond acceptors (Lipinski definition) is 1. The summed E-state index contributed by atoms with van der Waals surface area (Å²) >= 11 is 0. The maximum atomic E-state index is 4.29. The minimum absolute atomic E-state index is 0.985. The van der Waals surface area contributed by atoms with Crippen molar-refractivity contribution in [3.8, 4) is 0 Å². The summed E-state index contributed by atoms with van der Waals surface area (Å²) in [7, 11) is 0. The Hall–Kier alpha value is -0.850. The molecule has 11 heavy (non-hydrogen) atoms. The summed E-state index contributed by atoms with van der Waals surface area (Å²) in [6, 6.07) is 0. The predicted molar refractivity (Wildman–Crippen MR) is 52.0 cm³/mol. The average Bonchev–Trinajstić information content (AvgIpc) is 1.86. The molecule has 0 heterocycles. The molecule has 0 spiro atoms. The van der Waals surface area contributed by atoms with E-state index in [4.69, 9.17) is 0 Å². The molecule has 0 N–H and O–H groups in total. The van der Waals surface area contributed by atoms with Crippen LogP contribution in [-0.2, 0) is 0 Å². The summed E-state index contributed by atoms with van der Waals surface area (Å²) in [6.07, 6.45) is 7.27. The van der Waals surface area contributed by atoms with Gasteiger partial charge in [0.1, 0.15) is 0 Å². The van der Waals surface area contributed by atoms with Gasteiger partial charge in [0.15, 0.2) is 0 Å². The van der Waals surface area contributed by atoms with E-state index in [0.717, 1.165) is 17.8 Å². The van der Waals surface area contributed by atoms with Crippen molar-refractivity contribution in [2.45, 2.75) is 34.1 Å². The van der Waals surface area contributed by atoms with E-state index in [2.05, 4.69) is 17.1 Å². The van der Waals surface area contributed by atoms with Gasteiger partial charge in [-0.25, -0.2) is 0 Å². The van der Waals surface area contributed by atoms with Gasteiger partial charge in [-0.15, -0.1) is 0 Å². The quantitative estimate of drug-likeness (QED) is 0.433. The zero-order valence-electron chi connectivity index (χ0n) is 7.89. The lowest BCUT2D eigenvalue weighted by Crippen LogP contribution is -1.80. The van der Waals surface area contributed by atoms with Gasteiger partial charge < -0.3 is 0 Å². The van der Waals surface area contributed by atoms with Crippen LogP contribution in [0.2, 0.25) is 0 Å². The zero-order chi connectivity index (χ0) is 8.69. The molecule has 0 radical (unpaired) electrons. The molecule has 0 aromatic heterocycles. The van der Waals surface area contributed by atoms with Crippen LogP contribution in [0.5, 0.6) is 0 Å². The van der Waals surface area contributed by atoms with E-state index < -0.39 is 0 Å². The largest absolute Gasteiger partial charge is 0.263 e. The first-order valence-electron chi connectivity index (χ1n) is 3.96. The standard InChI is InChI=1S/C10H17N/c1-5-6-7-8-10(4)11-9(2)3/h5-6,8H,7H2,1-4H3/b6-5+,10-8-. The highest BCUT2D eigenvalue weighted by molar-refractivity contribution is 5.80. The molecule has 0 atom stereocenters. The lowest BCUT2D eigenvalue weighted by Gasteiger charge is -1.91. The van der Waals surface area contributed by atoms with Gasteiger partial charge in [0.2, 0.25) is 0 Å². The molecule has 0 amide bonds. The van der Waals surface area contributed by atoms with Crippen molar-refractivity contribution in [1.29, 1.82) is 0 Å². The summed E-state index contributed by atoms with van der Waals surface area (Å²) in [4.78, 5) is 4.29. The average molecular weight is 151 g/mol. The Bertz CT molecular complexity index is 181. The lowest BCUT2D eigenvalue weighted by atomic mass is 10.3. The fourth-order valence-electron chi connectivity index (χ4n) is 0.773. The van der Waals surface area contributed by atoms with Crippen molar-refractivity contribution in [3.05, 3.63) is 23.9 Å². The number of nitrogens with zero attached hydrogens (tertiary/aromatic N) is 1. The Kier molecular flexibility index (Phi) is 5.44. The number of hydrogen-bond donors (Lipinski definition) is 0. The predicted octanol–water partition coefficient (Wildman–Crippen LogP) is 3.34. The van der Waals surface area contributed by atoms with Gasteiger partial charge >= 0.3 is 0 Å². The summed E-state index contributed by atoms with van der Waals surface area (Å²) in [5.74, 6) is 0. The Labute approximate surface area is 69.5 Å². The van der Waals surface area contributed by atoms with E-state index in [1.807, 2.05) is 33.8 Å².